The van der Waals surface area contributed by atoms with Crippen molar-refractivity contribution >= 4 is 54.2 Å². The summed E-state index contributed by atoms with van der Waals surface area (Å²) in [5, 5.41) is 0. The van der Waals surface area contributed by atoms with Crippen LogP contribution in [-0.2, 0) is 0 Å². The smallest absolute Gasteiger partial charge is 0.142 e. The van der Waals surface area contributed by atoms with Gasteiger partial charge in [-0.3, -0.25) is 19.9 Å². The summed E-state index contributed by atoms with van der Waals surface area (Å²) in [4.78, 5) is 24.2. The van der Waals surface area contributed by atoms with Crippen LogP contribution < -0.4 is 0 Å². The molecule has 0 saturated heterocycles. The number of allylic oxidation sites excluding steroid dienone is 2. The van der Waals surface area contributed by atoms with Crippen molar-refractivity contribution in [3.05, 3.63) is 124 Å². The Bertz CT molecular complexity index is 1990. The molecule has 0 radical (unpaired) electrons. The monoisotopic (exact) mass is 846 g/mol. The van der Waals surface area contributed by atoms with Crippen molar-refractivity contribution in [3.63, 3.8) is 0 Å². The summed E-state index contributed by atoms with van der Waals surface area (Å²) in [5.74, 6) is 2.90. The van der Waals surface area contributed by atoms with E-state index in [4.69, 9.17) is 6.42 Å². The van der Waals surface area contributed by atoms with Crippen LogP contribution in [0.3, 0.4) is 0 Å². The number of hydrogen-bond acceptors (Lipinski definition) is 6. The lowest BCUT2D eigenvalue weighted by atomic mass is 10.3. The molecular formula is C38H45Br2FN8Si2. The quantitative estimate of drug-likeness (QED) is 0.131. The molecule has 0 bridgehead atoms. The Morgan fingerprint density at radius 1 is 0.725 bits per heavy atom. The summed E-state index contributed by atoms with van der Waals surface area (Å²) < 4.78 is 17.6. The molecule has 51 heavy (non-hydrogen) atoms. The number of aromatic nitrogens is 7. The van der Waals surface area contributed by atoms with Crippen molar-refractivity contribution in [1.29, 1.82) is 0 Å². The first-order chi connectivity index (χ1) is 23.9. The van der Waals surface area contributed by atoms with E-state index >= 15 is 0 Å². The summed E-state index contributed by atoms with van der Waals surface area (Å²) in [6.45, 7) is 19.1. The Labute approximate surface area is 321 Å². The van der Waals surface area contributed by atoms with Crippen molar-refractivity contribution in [2.24, 2.45) is 4.99 Å². The van der Waals surface area contributed by atoms with E-state index in [1.54, 1.807) is 31.2 Å². The standard InChI is InChI=1S/C14H17N3Si.C9H8BrN3.C5H3BrFN.C5H7N.C5H10Si/c1-12-10-17(11-16-12)14-7-13(8-15-9-14)5-6-18(2,3)4;1-7-5-13(6-12-7)9-2-8(10)3-11-4-9;6-4-1-5(7)3-8-2-4;1-5-3-2-4-6-5;1-5-6(2,3)4/h7-11H,1-4H3;2-6H,1H3;1-3H;3-4H,2H2,1H3;1H,2-4H3. The predicted octanol–water partition coefficient (Wildman–Crippen LogP) is 9.99. The van der Waals surface area contributed by atoms with Crippen molar-refractivity contribution < 1.29 is 4.39 Å². The minimum atomic E-state index is -1.34. The van der Waals surface area contributed by atoms with Crippen molar-refractivity contribution in [2.45, 2.75) is 66.5 Å². The van der Waals surface area contributed by atoms with Crippen LogP contribution in [0.15, 0.2) is 106 Å². The number of hydrogen-bond donors (Lipinski definition) is 0. The van der Waals surface area contributed by atoms with Crippen molar-refractivity contribution in [1.82, 2.24) is 34.1 Å². The lowest BCUT2D eigenvalue weighted by Gasteiger charge is -2.04. The summed E-state index contributed by atoms with van der Waals surface area (Å²) in [7, 11) is -2.44. The Kier molecular flexibility index (Phi) is 17.8. The molecule has 0 aliphatic carbocycles. The minimum absolute atomic E-state index is 0.320. The highest BCUT2D eigenvalue weighted by Gasteiger charge is 2.08. The van der Waals surface area contributed by atoms with Gasteiger partial charge in [0.25, 0.3) is 0 Å². The average Bonchev–Trinajstić information content (AvgIpc) is 3.84. The van der Waals surface area contributed by atoms with E-state index in [1.165, 1.54) is 12.3 Å². The predicted molar refractivity (Wildman–Crippen MR) is 221 cm³/mol. The van der Waals surface area contributed by atoms with Crippen molar-refractivity contribution in [2.75, 3.05) is 0 Å². The molecule has 0 atom stereocenters. The zero-order valence-corrected chi connectivity index (χ0v) is 35.8. The molecule has 6 heterocycles. The highest BCUT2D eigenvalue weighted by molar-refractivity contribution is 9.10. The lowest BCUT2D eigenvalue weighted by molar-refractivity contribution is 0.620. The number of nitrogens with zero attached hydrogens (tertiary/aromatic N) is 8. The van der Waals surface area contributed by atoms with Crippen LogP contribution in [0.1, 0.15) is 30.3 Å². The second-order valence-electron chi connectivity index (χ2n) is 13.2. The average molecular weight is 849 g/mol. The molecule has 1 aliphatic rings. The Hall–Kier alpha value is -4.28. The van der Waals surface area contributed by atoms with Gasteiger partial charge in [-0.2, -0.15) is 0 Å². The minimum Gasteiger partial charge on any atom is -0.304 e. The number of aliphatic imine (C=N–C) groups is 1. The largest absolute Gasteiger partial charge is 0.304 e. The number of rotatable bonds is 2. The molecule has 0 amide bonds. The molecule has 0 saturated carbocycles. The number of imidazole rings is 2. The van der Waals surface area contributed by atoms with Gasteiger partial charge in [-0.15, -0.1) is 17.5 Å². The first-order valence-electron chi connectivity index (χ1n) is 16.0. The van der Waals surface area contributed by atoms with Crippen LogP contribution in [-0.4, -0.2) is 56.4 Å². The summed E-state index contributed by atoms with van der Waals surface area (Å²) >= 11 is 6.43. The number of pyridine rings is 3. The van der Waals surface area contributed by atoms with Gasteiger partial charge in [0, 0.05) is 63.8 Å². The third kappa shape index (κ3) is 19.1. The highest BCUT2D eigenvalue weighted by Crippen LogP contribution is 2.14. The molecule has 0 N–H and O–H groups in total. The van der Waals surface area contributed by atoms with Gasteiger partial charge >= 0.3 is 0 Å². The zero-order valence-electron chi connectivity index (χ0n) is 30.7. The van der Waals surface area contributed by atoms with Crippen LogP contribution in [0.25, 0.3) is 11.4 Å². The Balaban J connectivity index is 0.000000238. The fourth-order valence-corrected chi connectivity index (χ4v) is 4.63. The Morgan fingerprint density at radius 2 is 1.24 bits per heavy atom. The van der Waals surface area contributed by atoms with Gasteiger partial charge in [-0.1, -0.05) is 51.3 Å². The van der Waals surface area contributed by atoms with Crippen LogP contribution in [0.5, 0.6) is 0 Å². The van der Waals surface area contributed by atoms with Gasteiger partial charge in [0.05, 0.1) is 54.0 Å². The molecule has 0 aromatic carbocycles. The maximum Gasteiger partial charge on any atom is 0.142 e. The Morgan fingerprint density at radius 3 is 1.59 bits per heavy atom. The molecule has 0 spiro atoms. The molecule has 5 aromatic heterocycles. The van der Waals surface area contributed by atoms with E-state index in [1.807, 2.05) is 66.8 Å². The maximum absolute atomic E-state index is 12.1. The third-order valence-electron chi connectivity index (χ3n) is 5.93. The molecule has 13 heteroatoms. The number of aryl methyl sites for hydroxylation is 2. The van der Waals surface area contributed by atoms with Gasteiger partial charge in [0.2, 0.25) is 0 Å². The maximum atomic E-state index is 12.1. The van der Waals surface area contributed by atoms with Crippen molar-refractivity contribution in [3.8, 4) is 34.8 Å². The van der Waals surface area contributed by atoms with E-state index in [-0.39, 0.29) is 5.82 Å². The molecule has 5 aromatic rings. The summed E-state index contributed by atoms with van der Waals surface area (Å²) in [6.07, 6.45) is 27.5. The third-order valence-corrected chi connectivity index (χ3v) is 8.54. The first-order valence-corrected chi connectivity index (χ1v) is 24.6. The van der Waals surface area contributed by atoms with Crippen LogP contribution >= 0.6 is 31.9 Å². The van der Waals surface area contributed by atoms with Crippen LogP contribution in [0, 0.1) is 43.1 Å². The molecule has 8 nitrogen and oxygen atoms in total. The lowest BCUT2D eigenvalue weighted by Crippen LogP contribution is -2.16. The summed E-state index contributed by atoms with van der Waals surface area (Å²) in [5.41, 5.74) is 12.2. The fourth-order valence-electron chi connectivity index (χ4n) is 3.42. The van der Waals surface area contributed by atoms with Gasteiger partial charge in [-0.05, 0) is 70.8 Å². The van der Waals surface area contributed by atoms with Crippen LogP contribution in [0.4, 0.5) is 4.39 Å². The van der Waals surface area contributed by atoms with Gasteiger partial charge in [-0.25, -0.2) is 14.4 Å². The second-order valence-corrected chi connectivity index (χ2v) is 24.6. The molecule has 0 unspecified atom stereocenters. The molecular weight excluding hydrogens is 803 g/mol. The molecule has 266 valence electrons. The van der Waals surface area contributed by atoms with E-state index in [0.29, 0.717) is 4.47 Å². The molecule has 6 rings (SSSR count). The SMILES string of the molecule is C#C[Si](C)(C)C.CC1=CCC=N1.Cc1cn(-c2cncc(Br)c2)cn1.Cc1cn(-c2cncc(C#C[Si](C)(C)C)c2)cn1.Fc1cncc(Br)c1. The first kappa shape index (κ1) is 42.9. The van der Waals surface area contributed by atoms with Gasteiger partial charge in [0.1, 0.15) is 22.0 Å². The van der Waals surface area contributed by atoms with Gasteiger partial charge < -0.3 is 9.13 Å². The highest BCUT2D eigenvalue weighted by atomic mass is 79.9. The van der Waals surface area contributed by atoms with E-state index in [2.05, 4.69) is 124 Å². The zero-order chi connectivity index (χ0) is 38.0. The molecule has 1 aliphatic heterocycles. The summed E-state index contributed by atoms with van der Waals surface area (Å²) in [6, 6.07) is 5.39. The van der Waals surface area contributed by atoms with E-state index < -0.39 is 16.1 Å². The normalized spacial score (nSPS) is 11.3. The van der Waals surface area contributed by atoms with E-state index in [9.17, 15) is 4.39 Å². The van der Waals surface area contributed by atoms with Gasteiger partial charge in [0.15, 0.2) is 0 Å². The fraction of sp³-hybridized carbons (Fsp3) is 0.263. The van der Waals surface area contributed by atoms with E-state index in [0.717, 1.165) is 51.1 Å². The topological polar surface area (TPSA) is 86.7 Å². The number of terminal acetylenes is 1. The second kappa shape index (κ2) is 21.2. The number of halogens is 3. The van der Waals surface area contributed by atoms with Crippen LogP contribution in [0.2, 0.25) is 39.3 Å². The molecule has 0 fully saturated rings.